The SMILES string of the molecule is Cc1cccc(C(=O)O)c1NC(=O)c1cc(Br)ccc1Cl. The van der Waals surface area contributed by atoms with Crippen molar-refractivity contribution in [3.8, 4) is 0 Å². The Kier molecular flexibility index (Phi) is 4.65. The fourth-order valence-corrected chi connectivity index (χ4v) is 2.43. The van der Waals surface area contributed by atoms with Crippen LogP contribution in [0.2, 0.25) is 5.02 Å². The average Bonchev–Trinajstić information content (AvgIpc) is 2.43. The van der Waals surface area contributed by atoms with Crippen LogP contribution in [0.4, 0.5) is 5.69 Å². The van der Waals surface area contributed by atoms with E-state index in [0.717, 1.165) is 0 Å². The molecule has 2 rings (SSSR count). The molecule has 0 bridgehead atoms. The summed E-state index contributed by atoms with van der Waals surface area (Å²) in [6.45, 7) is 1.73. The lowest BCUT2D eigenvalue weighted by atomic mass is 10.1. The van der Waals surface area contributed by atoms with Crippen LogP contribution in [0, 0.1) is 6.92 Å². The number of amides is 1. The summed E-state index contributed by atoms with van der Waals surface area (Å²) in [4.78, 5) is 23.5. The lowest BCUT2D eigenvalue weighted by molar-refractivity contribution is 0.0698. The van der Waals surface area contributed by atoms with Crippen molar-refractivity contribution in [2.75, 3.05) is 5.32 Å². The number of hydrogen-bond donors (Lipinski definition) is 2. The van der Waals surface area contributed by atoms with E-state index in [1.807, 2.05) is 0 Å². The molecule has 0 aromatic heterocycles. The Morgan fingerprint density at radius 3 is 2.57 bits per heavy atom. The van der Waals surface area contributed by atoms with Gasteiger partial charge in [-0.05, 0) is 36.8 Å². The quantitative estimate of drug-likeness (QED) is 0.846. The molecule has 0 saturated carbocycles. The van der Waals surface area contributed by atoms with Gasteiger partial charge in [-0.2, -0.15) is 0 Å². The molecule has 108 valence electrons. The van der Waals surface area contributed by atoms with Crippen molar-refractivity contribution in [3.63, 3.8) is 0 Å². The third-order valence-electron chi connectivity index (χ3n) is 2.91. The molecule has 21 heavy (non-hydrogen) atoms. The number of carbonyl (C=O) groups is 2. The number of nitrogens with one attached hydrogen (secondary N) is 1. The molecule has 0 fully saturated rings. The van der Waals surface area contributed by atoms with Crippen LogP contribution in [-0.2, 0) is 0 Å². The van der Waals surface area contributed by atoms with Crippen LogP contribution in [0.15, 0.2) is 40.9 Å². The largest absolute Gasteiger partial charge is 0.478 e. The molecule has 4 nitrogen and oxygen atoms in total. The number of carbonyl (C=O) groups excluding carboxylic acids is 1. The number of hydrogen-bond acceptors (Lipinski definition) is 2. The van der Waals surface area contributed by atoms with Gasteiger partial charge < -0.3 is 10.4 Å². The number of carboxylic acids is 1. The van der Waals surface area contributed by atoms with E-state index in [2.05, 4.69) is 21.2 Å². The summed E-state index contributed by atoms with van der Waals surface area (Å²) in [5.41, 5.74) is 1.24. The molecule has 2 N–H and O–H groups in total. The van der Waals surface area contributed by atoms with Gasteiger partial charge in [-0.3, -0.25) is 4.79 Å². The van der Waals surface area contributed by atoms with E-state index in [4.69, 9.17) is 11.6 Å². The summed E-state index contributed by atoms with van der Waals surface area (Å²) in [5, 5.41) is 12.1. The smallest absolute Gasteiger partial charge is 0.337 e. The number of rotatable bonds is 3. The third-order valence-corrected chi connectivity index (χ3v) is 3.74. The van der Waals surface area contributed by atoms with Crippen LogP contribution >= 0.6 is 27.5 Å². The van der Waals surface area contributed by atoms with Crippen LogP contribution in [0.25, 0.3) is 0 Å². The van der Waals surface area contributed by atoms with Gasteiger partial charge in [-0.1, -0.05) is 39.7 Å². The number of aromatic carboxylic acids is 1. The molecule has 2 aromatic carbocycles. The molecule has 1 amide bonds. The topological polar surface area (TPSA) is 66.4 Å². The first-order valence-electron chi connectivity index (χ1n) is 5.99. The van der Waals surface area contributed by atoms with Crippen molar-refractivity contribution >= 4 is 45.1 Å². The third kappa shape index (κ3) is 3.43. The van der Waals surface area contributed by atoms with Crippen molar-refractivity contribution in [1.82, 2.24) is 0 Å². The minimum atomic E-state index is -1.10. The van der Waals surface area contributed by atoms with Gasteiger partial charge in [0.05, 0.1) is 21.8 Å². The zero-order chi connectivity index (χ0) is 15.6. The van der Waals surface area contributed by atoms with Crippen LogP contribution in [0.1, 0.15) is 26.3 Å². The average molecular weight is 369 g/mol. The fraction of sp³-hybridized carbons (Fsp3) is 0.0667. The Bertz CT molecular complexity index is 731. The zero-order valence-electron chi connectivity index (χ0n) is 11.0. The van der Waals surface area contributed by atoms with Crippen LogP contribution in [0.3, 0.4) is 0 Å². The normalized spacial score (nSPS) is 10.2. The number of anilines is 1. The van der Waals surface area contributed by atoms with Crippen molar-refractivity contribution < 1.29 is 14.7 Å². The summed E-state index contributed by atoms with van der Waals surface area (Å²) in [7, 11) is 0. The predicted octanol–water partition coefficient (Wildman–Crippen LogP) is 4.36. The summed E-state index contributed by atoms with van der Waals surface area (Å²) in [6.07, 6.45) is 0. The maximum absolute atomic E-state index is 12.3. The maximum atomic E-state index is 12.3. The Labute approximate surface area is 134 Å². The molecule has 0 atom stereocenters. The van der Waals surface area contributed by atoms with E-state index < -0.39 is 11.9 Å². The second-order valence-electron chi connectivity index (χ2n) is 4.38. The highest BCUT2D eigenvalue weighted by Gasteiger charge is 2.17. The zero-order valence-corrected chi connectivity index (χ0v) is 13.3. The molecule has 0 aliphatic carbocycles. The molecule has 6 heteroatoms. The lowest BCUT2D eigenvalue weighted by Crippen LogP contribution is -2.16. The van der Waals surface area contributed by atoms with E-state index >= 15 is 0 Å². The van der Waals surface area contributed by atoms with Gasteiger partial charge in [0.25, 0.3) is 5.91 Å². The first-order chi connectivity index (χ1) is 9.90. The van der Waals surface area contributed by atoms with Crippen LogP contribution in [0.5, 0.6) is 0 Å². The predicted molar refractivity (Wildman–Crippen MR) is 85.2 cm³/mol. The number of aryl methyl sites for hydroxylation is 1. The molecule has 0 unspecified atom stereocenters. The highest BCUT2D eigenvalue weighted by Crippen LogP contribution is 2.25. The molecule has 0 aliphatic rings. The van der Waals surface area contributed by atoms with E-state index in [-0.39, 0.29) is 16.8 Å². The fourth-order valence-electron chi connectivity index (χ4n) is 1.86. The van der Waals surface area contributed by atoms with Crippen molar-refractivity contribution in [1.29, 1.82) is 0 Å². The Morgan fingerprint density at radius 2 is 1.90 bits per heavy atom. The summed E-state index contributed by atoms with van der Waals surface area (Å²) < 4.78 is 0.709. The summed E-state index contributed by atoms with van der Waals surface area (Å²) >= 11 is 9.27. The Hall–Kier alpha value is -1.85. The number of benzene rings is 2. The van der Waals surface area contributed by atoms with Gasteiger partial charge in [-0.25, -0.2) is 4.79 Å². The molecular weight excluding hydrogens is 358 g/mol. The Morgan fingerprint density at radius 1 is 1.19 bits per heavy atom. The second-order valence-corrected chi connectivity index (χ2v) is 5.70. The van der Waals surface area contributed by atoms with Gasteiger partial charge in [0.15, 0.2) is 0 Å². The molecule has 0 heterocycles. The Balaban J connectivity index is 2.41. The van der Waals surface area contributed by atoms with Crippen molar-refractivity contribution in [2.24, 2.45) is 0 Å². The second kappa shape index (κ2) is 6.28. The van der Waals surface area contributed by atoms with Crippen LogP contribution in [-0.4, -0.2) is 17.0 Å². The van der Waals surface area contributed by atoms with E-state index in [1.54, 1.807) is 37.3 Å². The minimum absolute atomic E-state index is 0.0365. The minimum Gasteiger partial charge on any atom is -0.478 e. The summed E-state index contributed by atoms with van der Waals surface area (Å²) in [6, 6.07) is 9.68. The van der Waals surface area contributed by atoms with Gasteiger partial charge in [0.2, 0.25) is 0 Å². The van der Waals surface area contributed by atoms with Gasteiger partial charge in [-0.15, -0.1) is 0 Å². The monoisotopic (exact) mass is 367 g/mol. The number of carboxylic acid groups (broad SMARTS) is 1. The molecule has 0 saturated heterocycles. The first-order valence-corrected chi connectivity index (χ1v) is 7.16. The van der Waals surface area contributed by atoms with Crippen molar-refractivity contribution in [2.45, 2.75) is 6.92 Å². The number of para-hydroxylation sites is 1. The van der Waals surface area contributed by atoms with Crippen molar-refractivity contribution in [3.05, 3.63) is 62.6 Å². The molecule has 0 radical (unpaired) electrons. The highest BCUT2D eigenvalue weighted by atomic mass is 79.9. The first kappa shape index (κ1) is 15.5. The standard InChI is InChI=1S/C15H11BrClNO3/c1-8-3-2-4-10(15(20)21)13(8)18-14(19)11-7-9(16)5-6-12(11)17/h2-7H,1H3,(H,18,19)(H,20,21). The van der Waals surface area contributed by atoms with E-state index in [0.29, 0.717) is 15.1 Å². The molecule has 0 aliphatic heterocycles. The summed E-state index contributed by atoms with van der Waals surface area (Å²) in [5.74, 6) is -1.56. The maximum Gasteiger partial charge on any atom is 0.337 e. The van der Waals surface area contributed by atoms with Gasteiger partial charge >= 0.3 is 5.97 Å². The van der Waals surface area contributed by atoms with Gasteiger partial charge in [0.1, 0.15) is 0 Å². The molecule has 0 spiro atoms. The van der Waals surface area contributed by atoms with Gasteiger partial charge in [0, 0.05) is 4.47 Å². The van der Waals surface area contributed by atoms with Crippen LogP contribution < -0.4 is 5.32 Å². The number of halogens is 2. The highest BCUT2D eigenvalue weighted by molar-refractivity contribution is 9.10. The van der Waals surface area contributed by atoms with E-state index in [9.17, 15) is 14.7 Å². The van der Waals surface area contributed by atoms with E-state index in [1.165, 1.54) is 6.07 Å². The lowest BCUT2D eigenvalue weighted by Gasteiger charge is -2.12. The molecule has 2 aromatic rings. The molecular formula is C15H11BrClNO3.